The minimum absolute atomic E-state index is 0.0617. The fraction of sp³-hybridized carbons (Fsp3) is 0.436. The van der Waals surface area contributed by atoms with Crippen LogP contribution in [0.15, 0.2) is 54.9 Å². The highest BCUT2D eigenvalue weighted by Crippen LogP contribution is 2.33. The van der Waals surface area contributed by atoms with Crippen LogP contribution in [0.25, 0.3) is 0 Å². The van der Waals surface area contributed by atoms with Gasteiger partial charge in [-0.2, -0.15) is 4.98 Å². The Balaban J connectivity index is 0.809. The molecule has 0 radical (unpaired) electrons. The molecule has 18 heteroatoms. The third-order valence-electron chi connectivity index (χ3n) is 9.77. The SMILES string of the molecule is C=C1CCC(N2C(=O)c3cccc(NCCOCCOCCOCCN4CCN(C(=O)c5ccc(Nc6ncc(Cl)c(NC)n6)c(OC)c5)CC4)c3C2=O)C(=O)N1. The summed E-state index contributed by atoms with van der Waals surface area (Å²) in [5, 5.41) is 12.3. The van der Waals surface area contributed by atoms with E-state index in [1.807, 2.05) is 4.90 Å². The van der Waals surface area contributed by atoms with Crippen molar-refractivity contribution in [1.82, 2.24) is 30.0 Å². The number of aromatic nitrogens is 2. The number of amides is 4. The van der Waals surface area contributed by atoms with Crippen LogP contribution >= 0.6 is 11.6 Å². The maximum atomic E-state index is 13.3. The van der Waals surface area contributed by atoms with E-state index in [4.69, 9.17) is 30.5 Å². The number of hydrogen-bond donors (Lipinski definition) is 4. The van der Waals surface area contributed by atoms with Crippen LogP contribution in [0.5, 0.6) is 5.75 Å². The molecule has 4 heterocycles. The van der Waals surface area contributed by atoms with Gasteiger partial charge in [-0.3, -0.25) is 29.0 Å². The number of ether oxygens (including phenoxy) is 4. The zero-order chi connectivity index (χ0) is 40.3. The van der Waals surface area contributed by atoms with E-state index in [1.165, 1.54) is 6.20 Å². The Morgan fingerprint density at radius 3 is 2.42 bits per heavy atom. The van der Waals surface area contributed by atoms with E-state index < -0.39 is 23.8 Å². The molecule has 57 heavy (non-hydrogen) atoms. The van der Waals surface area contributed by atoms with Crippen LogP contribution in [0.1, 0.15) is 43.9 Å². The molecule has 0 aliphatic carbocycles. The van der Waals surface area contributed by atoms with Gasteiger partial charge < -0.3 is 45.1 Å². The molecule has 3 aliphatic rings. The van der Waals surface area contributed by atoms with Gasteiger partial charge in [-0.25, -0.2) is 4.98 Å². The topological polar surface area (TPSA) is 189 Å². The smallest absolute Gasteiger partial charge is 0.264 e. The van der Waals surface area contributed by atoms with Crippen LogP contribution in [0, 0.1) is 0 Å². The normalized spacial score (nSPS) is 17.1. The maximum Gasteiger partial charge on any atom is 0.264 e. The molecule has 304 valence electrons. The molecule has 0 spiro atoms. The van der Waals surface area contributed by atoms with Gasteiger partial charge in [0.25, 0.3) is 17.7 Å². The number of piperidine rings is 1. The van der Waals surface area contributed by atoms with Gasteiger partial charge in [0.15, 0.2) is 0 Å². The number of imide groups is 1. The standard InChI is InChI=1S/C39H48ClN9O8/c1-25-7-10-31(35(50)44-25)49-37(52)27-5-4-6-30(33(27)38(49)53)42-11-17-55-19-21-57-22-20-56-18-16-47-12-14-48(15-13-47)36(51)26-8-9-29(32(23-26)54-3)45-39-43-24-28(40)34(41-2)46-39/h4-6,8-9,23-24,31,42H,1,7,10-22H2,2-3H3,(H,44,50)(H2,41,43,45,46). The Morgan fingerprint density at radius 1 is 0.965 bits per heavy atom. The molecule has 1 atom stereocenters. The lowest BCUT2D eigenvalue weighted by atomic mass is 10.0. The largest absolute Gasteiger partial charge is 0.495 e. The summed E-state index contributed by atoms with van der Waals surface area (Å²) in [7, 11) is 3.26. The molecule has 0 saturated carbocycles. The molecule has 3 aromatic rings. The Hall–Kier alpha value is -5.33. The first-order valence-corrected chi connectivity index (χ1v) is 19.2. The summed E-state index contributed by atoms with van der Waals surface area (Å²) in [5.41, 5.74) is 2.80. The van der Waals surface area contributed by atoms with Crippen LogP contribution in [0.4, 0.5) is 23.1 Å². The predicted octanol–water partition coefficient (Wildman–Crippen LogP) is 3.23. The summed E-state index contributed by atoms with van der Waals surface area (Å²) < 4.78 is 22.6. The van der Waals surface area contributed by atoms with E-state index in [9.17, 15) is 19.2 Å². The van der Waals surface area contributed by atoms with E-state index >= 15 is 0 Å². The average molecular weight is 806 g/mol. The van der Waals surface area contributed by atoms with Crippen LogP contribution in [0.2, 0.25) is 5.02 Å². The number of nitrogens with zero attached hydrogens (tertiary/aromatic N) is 5. The minimum Gasteiger partial charge on any atom is -0.495 e. The van der Waals surface area contributed by atoms with Crippen LogP contribution in [0.3, 0.4) is 0 Å². The van der Waals surface area contributed by atoms with Gasteiger partial charge in [0.2, 0.25) is 11.9 Å². The highest BCUT2D eigenvalue weighted by atomic mass is 35.5. The number of benzene rings is 2. The number of nitrogens with one attached hydrogen (secondary N) is 4. The van der Waals surface area contributed by atoms with Gasteiger partial charge in [-0.05, 0) is 43.2 Å². The molecular formula is C39H48ClN9O8. The van der Waals surface area contributed by atoms with Gasteiger partial charge >= 0.3 is 0 Å². The number of hydrogen-bond acceptors (Lipinski definition) is 14. The summed E-state index contributed by atoms with van der Waals surface area (Å²) in [4.78, 5) is 65.9. The fourth-order valence-electron chi connectivity index (χ4n) is 6.74. The number of halogens is 1. The van der Waals surface area contributed by atoms with Gasteiger partial charge in [0.05, 0.1) is 69.8 Å². The summed E-state index contributed by atoms with van der Waals surface area (Å²) in [6, 6.07) is 9.42. The van der Waals surface area contributed by atoms with Crippen molar-refractivity contribution in [3.63, 3.8) is 0 Å². The van der Waals surface area contributed by atoms with Crippen molar-refractivity contribution in [3.05, 3.63) is 76.6 Å². The predicted molar refractivity (Wildman–Crippen MR) is 213 cm³/mol. The summed E-state index contributed by atoms with van der Waals surface area (Å²) in [6.07, 6.45) is 2.35. The van der Waals surface area contributed by atoms with Gasteiger partial charge in [-0.1, -0.05) is 24.2 Å². The average Bonchev–Trinajstić information content (AvgIpc) is 3.47. The van der Waals surface area contributed by atoms with Gasteiger partial charge in [-0.15, -0.1) is 0 Å². The van der Waals surface area contributed by atoms with E-state index in [2.05, 4.69) is 42.7 Å². The number of carbonyl (C=O) groups excluding carboxylic acids is 4. The second-order valence-electron chi connectivity index (χ2n) is 13.4. The monoisotopic (exact) mass is 805 g/mol. The molecule has 1 unspecified atom stereocenters. The Morgan fingerprint density at radius 2 is 1.70 bits per heavy atom. The zero-order valence-corrected chi connectivity index (χ0v) is 32.9. The lowest BCUT2D eigenvalue weighted by Crippen LogP contribution is -2.51. The van der Waals surface area contributed by atoms with Crippen LogP contribution in [-0.4, -0.2) is 147 Å². The number of rotatable bonds is 19. The van der Waals surface area contributed by atoms with Gasteiger partial charge in [0, 0.05) is 63.3 Å². The molecule has 4 N–H and O–H groups in total. The molecule has 6 rings (SSSR count). The molecule has 2 fully saturated rings. The van der Waals surface area contributed by atoms with Crippen molar-refractivity contribution in [2.45, 2.75) is 18.9 Å². The molecule has 1 aromatic heterocycles. The number of fused-ring (bicyclic) bond motifs is 1. The summed E-state index contributed by atoms with van der Waals surface area (Å²) >= 11 is 6.09. The zero-order valence-electron chi connectivity index (χ0n) is 32.1. The molecule has 4 amide bonds. The fourth-order valence-corrected chi connectivity index (χ4v) is 6.93. The molecular weight excluding hydrogens is 758 g/mol. The quantitative estimate of drug-likeness (QED) is 0.102. The van der Waals surface area contributed by atoms with Crippen molar-refractivity contribution in [2.24, 2.45) is 0 Å². The second-order valence-corrected chi connectivity index (χ2v) is 13.8. The van der Waals surface area contributed by atoms with Crippen LogP contribution < -0.4 is 26.0 Å². The molecule has 3 aliphatic heterocycles. The third-order valence-corrected chi connectivity index (χ3v) is 10.0. The van der Waals surface area contributed by atoms with Crippen molar-refractivity contribution in [1.29, 1.82) is 0 Å². The summed E-state index contributed by atoms with van der Waals surface area (Å²) in [6.45, 7) is 10.2. The number of piperazine rings is 1. The second kappa shape index (κ2) is 19.7. The first-order valence-electron chi connectivity index (χ1n) is 18.8. The lowest BCUT2D eigenvalue weighted by molar-refractivity contribution is -0.125. The van der Waals surface area contributed by atoms with Gasteiger partial charge in [0.1, 0.15) is 22.6 Å². The van der Waals surface area contributed by atoms with Crippen molar-refractivity contribution >= 4 is 58.4 Å². The Bertz CT molecular complexity index is 1960. The molecule has 2 saturated heterocycles. The van der Waals surface area contributed by atoms with Crippen LogP contribution in [-0.2, 0) is 19.0 Å². The van der Waals surface area contributed by atoms with Crippen molar-refractivity contribution in [2.75, 3.05) is 109 Å². The lowest BCUT2D eigenvalue weighted by Gasteiger charge is -2.34. The van der Waals surface area contributed by atoms with Crippen molar-refractivity contribution in [3.8, 4) is 5.75 Å². The number of carbonyl (C=O) groups is 4. The third kappa shape index (κ3) is 10.2. The van der Waals surface area contributed by atoms with E-state index in [0.29, 0.717) is 117 Å². The summed E-state index contributed by atoms with van der Waals surface area (Å²) in [5.74, 6) is -0.0940. The maximum absolute atomic E-state index is 13.3. The van der Waals surface area contributed by atoms with E-state index in [-0.39, 0.29) is 17.0 Å². The molecule has 17 nitrogen and oxygen atoms in total. The van der Waals surface area contributed by atoms with E-state index in [1.54, 1.807) is 50.6 Å². The first-order chi connectivity index (χ1) is 27.7. The highest BCUT2D eigenvalue weighted by molar-refractivity contribution is 6.32. The first kappa shape index (κ1) is 41.3. The molecule has 0 bridgehead atoms. The minimum atomic E-state index is -0.859. The number of methoxy groups -OCH3 is 1. The Kier molecular flexibility index (Phi) is 14.3. The van der Waals surface area contributed by atoms with Crippen molar-refractivity contribution < 1.29 is 38.1 Å². The molecule has 2 aromatic carbocycles. The highest BCUT2D eigenvalue weighted by Gasteiger charge is 2.45. The number of anilines is 4. The number of allylic oxidation sites excluding steroid dienone is 1. The van der Waals surface area contributed by atoms with E-state index in [0.717, 1.165) is 24.5 Å². The Labute approximate surface area is 336 Å².